The van der Waals surface area contributed by atoms with Crippen LogP contribution in [0.15, 0.2) is 12.1 Å². The van der Waals surface area contributed by atoms with Gasteiger partial charge in [-0.05, 0) is 0 Å². The van der Waals surface area contributed by atoms with Gasteiger partial charge in [-0.25, -0.2) is 8.78 Å². The van der Waals surface area contributed by atoms with Crippen LogP contribution < -0.4 is 4.74 Å². The maximum Gasteiger partial charge on any atom is 0.387 e. The molecule has 0 spiro atoms. The third-order valence-electron chi connectivity index (χ3n) is 1.22. The predicted molar refractivity (Wildman–Crippen MR) is 34.7 cm³/mol. The summed E-state index contributed by atoms with van der Waals surface area (Å²) in [5.41, 5.74) is 0. The Kier molecular flexibility index (Phi) is 2.60. The van der Waals surface area contributed by atoms with Gasteiger partial charge < -0.3 is 9.84 Å². The largest absolute Gasteiger partial charge is 0.504 e. The summed E-state index contributed by atoms with van der Waals surface area (Å²) in [6, 6.07) is 0.698. The number of aromatic hydroxyl groups is 1. The van der Waals surface area contributed by atoms with E-state index < -0.39 is 29.7 Å². The number of phenols is 1. The summed E-state index contributed by atoms with van der Waals surface area (Å²) in [4.78, 5) is 0. The Morgan fingerprint density at radius 1 is 1.15 bits per heavy atom. The zero-order chi connectivity index (χ0) is 10.0. The van der Waals surface area contributed by atoms with E-state index in [0.29, 0.717) is 12.1 Å². The zero-order valence-electron chi connectivity index (χ0n) is 6.10. The molecule has 0 saturated heterocycles. The van der Waals surface area contributed by atoms with Crippen LogP contribution in [0.5, 0.6) is 11.5 Å². The normalized spacial score (nSPS) is 10.5. The minimum atomic E-state index is -3.20. The van der Waals surface area contributed by atoms with E-state index in [4.69, 9.17) is 5.11 Å². The first-order chi connectivity index (χ1) is 6.00. The molecule has 1 rings (SSSR count). The van der Waals surface area contributed by atoms with E-state index in [1.165, 1.54) is 0 Å². The summed E-state index contributed by atoms with van der Waals surface area (Å²) < 4.78 is 51.6. The second-order valence-corrected chi connectivity index (χ2v) is 2.11. The fourth-order valence-electron chi connectivity index (χ4n) is 0.708. The molecule has 6 heteroatoms. The van der Waals surface area contributed by atoms with Crippen LogP contribution in [0.1, 0.15) is 0 Å². The Morgan fingerprint density at radius 2 is 1.69 bits per heavy atom. The fourth-order valence-corrected chi connectivity index (χ4v) is 0.708. The number of rotatable bonds is 2. The molecule has 0 amide bonds. The monoisotopic (exact) mass is 196 g/mol. The maximum atomic E-state index is 12.4. The van der Waals surface area contributed by atoms with Crippen LogP contribution in [0, 0.1) is 11.6 Å². The van der Waals surface area contributed by atoms with Gasteiger partial charge in [-0.3, -0.25) is 0 Å². The van der Waals surface area contributed by atoms with Gasteiger partial charge in [-0.1, -0.05) is 0 Å². The van der Waals surface area contributed by atoms with Crippen molar-refractivity contribution in [3.05, 3.63) is 23.8 Å². The van der Waals surface area contributed by atoms with Crippen LogP contribution in [0.4, 0.5) is 17.6 Å². The summed E-state index contributed by atoms with van der Waals surface area (Å²) >= 11 is 0. The van der Waals surface area contributed by atoms with E-state index in [9.17, 15) is 17.6 Å². The van der Waals surface area contributed by atoms with Crippen molar-refractivity contribution in [3.8, 4) is 11.5 Å². The third kappa shape index (κ3) is 2.24. The van der Waals surface area contributed by atoms with Crippen molar-refractivity contribution in [2.45, 2.75) is 6.61 Å². The van der Waals surface area contributed by atoms with Crippen molar-refractivity contribution in [3.63, 3.8) is 0 Å². The number of halogens is 4. The topological polar surface area (TPSA) is 29.5 Å². The first kappa shape index (κ1) is 9.63. The molecule has 1 N–H and O–H groups in total. The molecule has 0 aliphatic heterocycles. The zero-order valence-corrected chi connectivity index (χ0v) is 6.10. The van der Waals surface area contributed by atoms with E-state index >= 15 is 0 Å². The number of ether oxygens (including phenoxy) is 1. The summed E-state index contributed by atoms with van der Waals surface area (Å²) in [6.45, 7) is -3.20. The molecule has 72 valence electrons. The minimum absolute atomic E-state index is 0.344. The van der Waals surface area contributed by atoms with Gasteiger partial charge in [-0.15, -0.1) is 0 Å². The van der Waals surface area contributed by atoms with E-state index in [1.54, 1.807) is 0 Å². The first-order valence-electron chi connectivity index (χ1n) is 3.13. The lowest BCUT2D eigenvalue weighted by atomic mass is 10.3. The summed E-state index contributed by atoms with van der Waals surface area (Å²) in [7, 11) is 0. The lowest BCUT2D eigenvalue weighted by molar-refractivity contribution is -0.0514. The summed E-state index contributed by atoms with van der Waals surface area (Å²) in [5.74, 6) is -4.37. The van der Waals surface area contributed by atoms with Crippen LogP contribution in [0.3, 0.4) is 0 Å². The van der Waals surface area contributed by atoms with Gasteiger partial charge in [0.1, 0.15) is 0 Å². The molecule has 0 heterocycles. The Bertz CT molecular complexity index is 314. The second-order valence-electron chi connectivity index (χ2n) is 2.11. The Morgan fingerprint density at radius 3 is 2.23 bits per heavy atom. The average Bonchev–Trinajstić information content (AvgIpc) is 1.99. The average molecular weight is 196 g/mol. The molecule has 2 nitrogen and oxygen atoms in total. The quantitative estimate of drug-likeness (QED) is 0.735. The molecular formula is C7H4F4O2. The SMILES string of the molecule is Oc1cc(F)c(F)cc1OC(F)F. The van der Waals surface area contributed by atoms with Crippen LogP contribution in [-0.2, 0) is 0 Å². The maximum absolute atomic E-state index is 12.4. The van der Waals surface area contributed by atoms with E-state index in [2.05, 4.69) is 4.74 Å². The standard InChI is InChI=1S/C7H4F4O2/c8-3-1-5(12)6(2-4(3)9)13-7(10)11/h1-2,7,12H. The summed E-state index contributed by atoms with van der Waals surface area (Å²) in [6.07, 6.45) is 0. The van der Waals surface area contributed by atoms with Crippen molar-refractivity contribution in [1.29, 1.82) is 0 Å². The van der Waals surface area contributed by atoms with Gasteiger partial charge in [0.15, 0.2) is 23.1 Å². The number of alkyl halides is 2. The smallest absolute Gasteiger partial charge is 0.387 e. The Balaban J connectivity index is 3.01. The number of phenolic OH excluding ortho intramolecular Hbond substituents is 1. The van der Waals surface area contributed by atoms with Crippen LogP contribution in [-0.4, -0.2) is 11.7 Å². The Hall–Kier alpha value is -1.46. The van der Waals surface area contributed by atoms with Crippen molar-refractivity contribution < 1.29 is 27.4 Å². The number of benzene rings is 1. The predicted octanol–water partition coefficient (Wildman–Crippen LogP) is 2.27. The van der Waals surface area contributed by atoms with Crippen molar-refractivity contribution in [2.24, 2.45) is 0 Å². The van der Waals surface area contributed by atoms with Crippen LogP contribution in [0.2, 0.25) is 0 Å². The van der Waals surface area contributed by atoms with Gasteiger partial charge >= 0.3 is 6.61 Å². The Labute approximate surface area is 70.4 Å². The van der Waals surface area contributed by atoms with E-state index in [1.807, 2.05) is 0 Å². The van der Waals surface area contributed by atoms with E-state index in [-0.39, 0.29) is 0 Å². The third-order valence-corrected chi connectivity index (χ3v) is 1.22. The molecule has 0 fully saturated rings. The van der Waals surface area contributed by atoms with Crippen molar-refractivity contribution >= 4 is 0 Å². The highest BCUT2D eigenvalue weighted by molar-refractivity contribution is 5.39. The van der Waals surface area contributed by atoms with Crippen molar-refractivity contribution in [2.75, 3.05) is 0 Å². The molecule has 0 unspecified atom stereocenters. The molecule has 13 heavy (non-hydrogen) atoms. The molecule has 0 aliphatic rings. The molecule has 0 aromatic heterocycles. The highest BCUT2D eigenvalue weighted by atomic mass is 19.3. The number of hydrogen-bond acceptors (Lipinski definition) is 2. The molecule has 0 radical (unpaired) electrons. The molecule has 0 saturated carbocycles. The fraction of sp³-hybridized carbons (Fsp3) is 0.143. The highest BCUT2D eigenvalue weighted by Gasteiger charge is 2.13. The van der Waals surface area contributed by atoms with Gasteiger partial charge in [0.2, 0.25) is 0 Å². The molecular weight excluding hydrogens is 192 g/mol. The van der Waals surface area contributed by atoms with Gasteiger partial charge in [-0.2, -0.15) is 8.78 Å². The minimum Gasteiger partial charge on any atom is -0.504 e. The van der Waals surface area contributed by atoms with E-state index in [0.717, 1.165) is 0 Å². The molecule has 1 aromatic carbocycles. The molecule has 0 atom stereocenters. The van der Waals surface area contributed by atoms with Gasteiger partial charge in [0.25, 0.3) is 0 Å². The van der Waals surface area contributed by atoms with Gasteiger partial charge in [0, 0.05) is 12.1 Å². The molecule has 0 bridgehead atoms. The highest BCUT2D eigenvalue weighted by Crippen LogP contribution is 2.29. The van der Waals surface area contributed by atoms with Gasteiger partial charge in [0.05, 0.1) is 0 Å². The van der Waals surface area contributed by atoms with Crippen LogP contribution in [0.25, 0.3) is 0 Å². The second kappa shape index (κ2) is 3.51. The van der Waals surface area contributed by atoms with Crippen molar-refractivity contribution in [1.82, 2.24) is 0 Å². The molecule has 1 aromatic rings. The first-order valence-corrected chi connectivity index (χ1v) is 3.13. The number of hydrogen-bond donors (Lipinski definition) is 1. The van der Waals surface area contributed by atoms with Crippen LogP contribution >= 0.6 is 0 Å². The lowest BCUT2D eigenvalue weighted by Crippen LogP contribution is -2.02. The summed E-state index contributed by atoms with van der Waals surface area (Å²) in [5, 5.41) is 8.80. The lowest BCUT2D eigenvalue weighted by Gasteiger charge is -2.06. The molecule has 0 aliphatic carbocycles.